The van der Waals surface area contributed by atoms with Gasteiger partial charge in [-0.2, -0.15) is 0 Å². The summed E-state index contributed by atoms with van der Waals surface area (Å²) in [7, 11) is 0. The fraction of sp³-hybridized carbons (Fsp3) is 0.133. The molecule has 0 aromatic heterocycles. The lowest BCUT2D eigenvalue weighted by Crippen LogP contribution is -2.42. The number of fused-ring (bicyclic) bond motifs is 1. The lowest BCUT2D eigenvalue weighted by Gasteiger charge is -2.20. The maximum atomic E-state index is 12.3. The molecule has 1 aliphatic heterocycles. The second kappa shape index (κ2) is 4.54. The molecular formula is C15H12O7. The minimum atomic E-state index is -2.27. The molecular weight excluding hydrogens is 292 g/mol. The molecule has 0 unspecified atom stereocenters. The number of ether oxygens (including phenoxy) is 1. The van der Waals surface area contributed by atoms with Gasteiger partial charge in [-0.1, -0.05) is 6.07 Å². The van der Waals surface area contributed by atoms with Crippen LogP contribution in [0, 0.1) is 0 Å². The second-order valence-electron chi connectivity index (χ2n) is 5.05. The van der Waals surface area contributed by atoms with Crippen LogP contribution in [0.1, 0.15) is 15.9 Å². The molecule has 3 rings (SSSR count). The third kappa shape index (κ3) is 2.08. The highest BCUT2D eigenvalue weighted by molar-refractivity contribution is 6.08. The second-order valence-corrected chi connectivity index (χ2v) is 5.05. The van der Waals surface area contributed by atoms with Gasteiger partial charge in [0.2, 0.25) is 5.78 Å². The molecule has 1 atom stereocenters. The number of phenolic OH excluding ortho intramolecular Hbond substituents is 4. The summed E-state index contributed by atoms with van der Waals surface area (Å²) in [6, 6.07) is 5.88. The van der Waals surface area contributed by atoms with Crippen molar-refractivity contribution in [3.63, 3.8) is 0 Å². The quantitative estimate of drug-likeness (QED) is 0.524. The minimum Gasteiger partial charge on any atom is -0.508 e. The van der Waals surface area contributed by atoms with E-state index in [0.29, 0.717) is 5.56 Å². The van der Waals surface area contributed by atoms with Crippen LogP contribution in [0.15, 0.2) is 30.3 Å². The Balaban J connectivity index is 1.96. The molecule has 0 radical (unpaired) electrons. The summed E-state index contributed by atoms with van der Waals surface area (Å²) < 4.78 is 5.18. The number of ketones is 1. The lowest BCUT2D eigenvalue weighted by molar-refractivity contribution is -0.0889. The van der Waals surface area contributed by atoms with Gasteiger partial charge in [0.25, 0.3) is 5.79 Å². The number of rotatable bonds is 2. The van der Waals surface area contributed by atoms with Crippen molar-refractivity contribution >= 4 is 5.78 Å². The Kier molecular flexibility index (Phi) is 2.89. The van der Waals surface area contributed by atoms with Crippen molar-refractivity contribution in [3.8, 4) is 28.7 Å². The first kappa shape index (κ1) is 14.0. The van der Waals surface area contributed by atoms with Crippen LogP contribution in [0.5, 0.6) is 28.7 Å². The van der Waals surface area contributed by atoms with Crippen LogP contribution in [0.25, 0.3) is 0 Å². The maximum absolute atomic E-state index is 12.3. The number of hydrogen-bond donors (Lipinski definition) is 5. The van der Waals surface area contributed by atoms with Gasteiger partial charge in [-0.25, -0.2) is 0 Å². The highest BCUT2D eigenvalue weighted by atomic mass is 16.6. The highest BCUT2D eigenvalue weighted by Crippen LogP contribution is 2.43. The van der Waals surface area contributed by atoms with Gasteiger partial charge < -0.3 is 30.3 Å². The molecule has 7 nitrogen and oxygen atoms in total. The van der Waals surface area contributed by atoms with E-state index in [9.17, 15) is 30.3 Å². The number of aliphatic hydroxyl groups is 1. The van der Waals surface area contributed by atoms with Crippen molar-refractivity contribution in [1.82, 2.24) is 0 Å². The summed E-state index contributed by atoms with van der Waals surface area (Å²) in [5.41, 5.74) is 0.117. The van der Waals surface area contributed by atoms with Gasteiger partial charge in [0.05, 0.1) is 0 Å². The maximum Gasteiger partial charge on any atom is 0.277 e. The van der Waals surface area contributed by atoms with Crippen LogP contribution >= 0.6 is 0 Å². The Bertz CT molecular complexity index is 784. The number of carbonyl (C=O) groups excluding carboxylic acids is 1. The van der Waals surface area contributed by atoms with Crippen molar-refractivity contribution in [2.24, 2.45) is 0 Å². The molecule has 7 heteroatoms. The fourth-order valence-electron chi connectivity index (χ4n) is 2.39. The first-order valence-electron chi connectivity index (χ1n) is 6.33. The van der Waals surface area contributed by atoms with Crippen molar-refractivity contribution in [3.05, 3.63) is 41.5 Å². The molecule has 0 amide bonds. The molecule has 114 valence electrons. The van der Waals surface area contributed by atoms with E-state index in [4.69, 9.17) is 4.74 Å². The van der Waals surface area contributed by atoms with E-state index < -0.39 is 23.1 Å². The van der Waals surface area contributed by atoms with Crippen molar-refractivity contribution in [2.45, 2.75) is 12.2 Å². The Labute approximate surface area is 124 Å². The van der Waals surface area contributed by atoms with Crippen LogP contribution in [-0.4, -0.2) is 37.1 Å². The standard InChI is InChI=1S/C15H12O7/c16-8-4-11(19)13-12(5-8)22-15(21,14(13)20)6-7-1-2-9(17)10(18)3-7/h1-5,16-19,21H,6H2/t15-/m0/s1. The van der Waals surface area contributed by atoms with E-state index in [1.807, 2.05) is 0 Å². The Morgan fingerprint density at radius 3 is 2.36 bits per heavy atom. The topological polar surface area (TPSA) is 127 Å². The third-order valence-electron chi connectivity index (χ3n) is 3.41. The predicted octanol–water partition coefficient (Wildman–Crippen LogP) is 1.02. The number of hydrogen-bond acceptors (Lipinski definition) is 7. The molecule has 0 spiro atoms. The van der Waals surface area contributed by atoms with Gasteiger partial charge in [-0.3, -0.25) is 4.79 Å². The molecule has 0 bridgehead atoms. The molecule has 22 heavy (non-hydrogen) atoms. The average Bonchev–Trinajstić information content (AvgIpc) is 2.65. The first-order valence-corrected chi connectivity index (χ1v) is 6.33. The van der Waals surface area contributed by atoms with Gasteiger partial charge in [-0.15, -0.1) is 0 Å². The van der Waals surface area contributed by atoms with Crippen molar-refractivity contribution in [2.75, 3.05) is 0 Å². The van der Waals surface area contributed by atoms with E-state index in [1.165, 1.54) is 18.2 Å². The summed E-state index contributed by atoms with van der Waals surface area (Å²) in [4.78, 5) is 12.3. The number of aromatic hydroxyl groups is 4. The number of Topliss-reactive ketones (excluding diaryl/α,β-unsaturated/α-hetero) is 1. The number of phenols is 4. The van der Waals surface area contributed by atoms with E-state index in [1.54, 1.807) is 0 Å². The number of benzene rings is 2. The van der Waals surface area contributed by atoms with E-state index in [0.717, 1.165) is 12.1 Å². The zero-order chi connectivity index (χ0) is 16.1. The zero-order valence-electron chi connectivity index (χ0n) is 11.1. The summed E-state index contributed by atoms with van der Waals surface area (Å²) in [5.74, 6) is -4.79. The summed E-state index contributed by atoms with van der Waals surface area (Å²) in [6.07, 6.45) is -0.311. The van der Waals surface area contributed by atoms with Crippen LogP contribution < -0.4 is 4.74 Å². The molecule has 0 aliphatic carbocycles. The SMILES string of the molecule is O=C1c2c(O)cc(O)cc2O[C@@]1(O)Cc1ccc(O)c(O)c1. The molecule has 0 saturated carbocycles. The van der Waals surface area contributed by atoms with Crippen LogP contribution in [0.2, 0.25) is 0 Å². The molecule has 5 N–H and O–H groups in total. The Morgan fingerprint density at radius 1 is 0.955 bits per heavy atom. The monoisotopic (exact) mass is 304 g/mol. The molecule has 2 aromatic carbocycles. The predicted molar refractivity (Wildman–Crippen MR) is 73.2 cm³/mol. The normalized spacial score (nSPS) is 19.8. The van der Waals surface area contributed by atoms with Crippen LogP contribution in [0.3, 0.4) is 0 Å². The van der Waals surface area contributed by atoms with Crippen LogP contribution in [0.4, 0.5) is 0 Å². The molecule has 2 aromatic rings. The van der Waals surface area contributed by atoms with Gasteiger partial charge in [-0.05, 0) is 17.7 Å². The van der Waals surface area contributed by atoms with E-state index in [-0.39, 0.29) is 29.2 Å². The van der Waals surface area contributed by atoms with Gasteiger partial charge in [0.15, 0.2) is 11.5 Å². The van der Waals surface area contributed by atoms with Gasteiger partial charge >= 0.3 is 0 Å². The lowest BCUT2D eigenvalue weighted by atomic mass is 9.98. The third-order valence-corrected chi connectivity index (χ3v) is 3.41. The average molecular weight is 304 g/mol. The summed E-state index contributed by atoms with van der Waals surface area (Å²) in [6.45, 7) is 0. The number of carbonyl (C=O) groups is 1. The van der Waals surface area contributed by atoms with Gasteiger partial charge in [0.1, 0.15) is 22.8 Å². The molecule has 0 saturated heterocycles. The Morgan fingerprint density at radius 2 is 1.68 bits per heavy atom. The Hall–Kier alpha value is -2.93. The van der Waals surface area contributed by atoms with Crippen molar-refractivity contribution in [1.29, 1.82) is 0 Å². The molecule has 1 aliphatic rings. The molecule has 1 heterocycles. The highest BCUT2D eigenvalue weighted by Gasteiger charge is 2.48. The smallest absolute Gasteiger partial charge is 0.277 e. The van der Waals surface area contributed by atoms with E-state index >= 15 is 0 Å². The van der Waals surface area contributed by atoms with Gasteiger partial charge in [0, 0.05) is 18.6 Å². The first-order chi connectivity index (χ1) is 10.3. The minimum absolute atomic E-state index is 0.131. The summed E-state index contributed by atoms with van der Waals surface area (Å²) in [5, 5.41) is 48.2. The fourth-order valence-corrected chi connectivity index (χ4v) is 2.39. The summed E-state index contributed by atoms with van der Waals surface area (Å²) >= 11 is 0. The largest absolute Gasteiger partial charge is 0.508 e. The van der Waals surface area contributed by atoms with Crippen LogP contribution in [-0.2, 0) is 6.42 Å². The molecule has 0 fully saturated rings. The van der Waals surface area contributed by atoms with Crippen molar-refractivity contribution < 1.29 is 35.1 Å². The van der Waals surface area contributed by atoms with E-state index in [2.05, 4.69) is 0 Å². The zero-order valence-corrected chi connectivity index (χ0v) is 11.1.